The van der Waals surface area contributed by atoms with Gasteiger partial charge in [-0.05, 0) is 12.8 Å². The van der Waals surface area contributed by atoms with Crippen LogP contribution < -0.4 is 0 Å². The van der Waals surface area contributed by atoms with Crippen LogP contribution in [0.2, 0.25) is 12.1 Å². The molecular formula is C16H30N4O5Si2. The highest BCUT2D eigenvalue weighted by Gasteiger charge is 2.51. The van der Waals surface area contributed by atoms with Crippen molar-refractivity contribution in [2.45, 2.75) is 38.0 Å². The summed E-state index contributed by atoms with van der Waals surface area (Å²) in [5.41, 5.74) is 0. The maximum atomic E-state index is 6.40. The van der Waals surface area contributed by atoms with Crippen molar-refractivity contribution in [2.24, 2.45) is 0 Å². The van der Waals surface area contributed by atoms with Crippen molar-refractivity contribution >= 4 is 17.6 Å². The maximum absolute atomic E-state index is 6.40. The molecule has 0 saturated heterocycles. The zero-order chi connectivity index (χ0) is 19.6. The largest absolute Gasteiger partial charge is 0.493 e. The van der Waals surface area contributed by atoms with E-state index in [2.05, 4.69) is 9.97 Å². The number of imidazole rings is 2. The van der Waals surface area contributed by atoms with E-state index in [4.69, 9.17) is 21.8 Å². The zero-order valence-electron chi connectivity index (χ0n) is 16.5. The van der Waals surface area contributed by atoms with E-state index in [0.29, 0.717) is 12.1 Å². The first kappa shape index (κ1) is 21.9. The minimum absolute atomic E-state index is 0.668. The molecule has 0 unspecified atom stereocenters. The topological polar surface area (TPSA) is 81.8 Å². The Labute approximate surface area is 162 Å². The number of hydrogen-bond acceptors (Lipinski definition) is 7. The van der Waals surface area contributed by atoms with Crippen molar-refractivity contribution < 1.29 is 21.8 Å². The van der Waals surface area contributed by atoms with Gasteiger partial charge in [0, 0.05) is 78.4 Å². The summed E-state index contributed by atoms with van der Waals surface area (Å²) in [7, 11) is 0.688. The first-order valence-corrected chi connectivity index (χ1v) is 12.8. The molecule has 0 radical (unpaired) electrons. The first-order chi connectivity index (χ1) is 13.1. The van der Waals surface area contributed by atoms with Crippen molar-refractivity contribution in [1.29, 1.82) is 0 Å². The Morgan fingerprint density at radius 3 is 1.41 bits per heavy atom. The number of hydrogen-bond donors (Lipinski definition) is 0. The lowest BCUT2D eigenvalue weighted by Crippen LogP contribution is -2.57. The Balaban J connectivity index is 1.96. The van der Waals surface area contributed by atoms with Gasteiger partial charge in [0.15, 0.2) is 0 Å². The molecule has 0 aliphatic rings. The molecule has 11 heteroatoms. The molecule has 0 saturated carbocycles. The Morgan fingerprint density at radius 1 is 0.704 bits per heavy atom. The standard InChI is InChI=1S/C16H30N4O5Si2/c1-21-26(22-2,13-5-9-19-11-7-17-15-19)25-27(23-3,24-4)14-6-10-20-12-8-18-16-20/h7-8,11-12,15-16H,5-6,9-10,13-14H2,1-4H3. The van der Waals surface area contributed by atoms with E-state index in [1.54, 1.807) is 53.5 Å². The van der Waals surface area contributed by atoms with E-state index in [9.17, 15) is 0 Å². The van der Waals surface area contributed by atoms with Crippen LogP contribution in [0.1, 0.15) is 12.8 Å². The van der Waals surface area contributed by atoms with E-state index in [1.807, 2.05) is 21.5 Å². The summed E-state index contributed by atoms with van der Waals surface area (Å²) in [6.07, 6.45) is 12.7. The number of aryl methyl sites for hydroxylation is 2. The molecule has 0 amide bonds. The molecule has 0 bridgehead atoms. The molecule has 0 aromatic carbocycles. The maximum Gasteiger partial charge on any atom is 0.493 e. The molecule has 152 valence electrons. The van der Waals surface area contributed by atoms with Gasteiger partial charge in [-0.2, -0.15) is 0 Å². The summed E-state index contributed by atoms with van der Waals surface area (Å²) in [5, 5.41) is 0. The second-order valence-corrected chi connectivity index (χ2v) is 12.3. The summed E-state index contributed by atoms with van der Waals surface area (Å²) in [6.45, 7) is 1.64. The van der Waals surface area contributed by atoms with Crippen molar-refractivity contribution in [2.75, 3.05) is 28.4 Å². The van der Waals surface area contributed by atoms with Gasteiger partial charge in [-0.25, -0.2) is 9.97 Å². The third-order valence-corrected chi connectivity index (χ3v) is 11.4. The molecule has 0 N–H and O–H groups in total. The lowest BCUT2D eigenvalue weighted by Gasteiger charge is -2.35. The number of aromatic nitrogens is 4. The Bertz CT molecular complexity index is 565. The minimum atomic E-state index is -2.91. The van der Waals surface area contributed by atoms with Gasteiger partial charge in [-0.15, -0.1) is 0 Å². The van der Waals surface area contributed by atoms with Crippen molar-refractivity contribution in [3.05, 3.63) is 37.4 Å². The third kappa shape index (κ3) is 6.35. The SMILES string of the molecule is CO[Si](CCCn1ccnc1)(OC)O[Si](CCCn1ccnc1)(OC)OC. The molecule has 9 nitrogen and oxygen atoms in total. The molecule has 2 rings (SSSR count). The molecule has 2 heterocycles. The number of rotatable bonds is 14. The van der Waals surface area contributed by atoms with Gasteiger partial charge in [0.25, 0.3) is 0 Å². The van der Waals surface area contributed by atoms with Crippen LogP contribution in [0.3, 0.4) is 0 Å². The van der Waals surface area contributed by atoms with E-state index in [-0.39, 0.29) is 0 Å². The molecule has 27 heavy (non-hydrogen) atoms. The average Bonchev–Trinajstić information content (AvgIpc) is 3.40. The lowest BCUT2D eigenvalue weighted by molar-refractivity contribution is 0.0855. The monoisotopic (exact) mass is 414 g/mol. The molecule has 0 atom stereocenters. The summed E-state index contributed by atoms with van der Waals surface area (Å²) < 4.78 is 33.4. The van der Waals surface area contributed by atoms with Crippen LogP contribution in [0.25, 0.3) is 0 Å². The van der Waals surface area contributed by atoms with Crippen LogP contribution in [-0.2, 0) is 34.9 Å². The Hall–Kier alpha value is -1.35. The van der Waals surface area contributed by atoms with Crippen molar-refractivity contribution in [1.82, 2.24) is 19.1 Å². The van der Waals surface area contributed by atoms with Crippen molar-refractivity contribution in [3.8, 4) is 0 Å². The predicted octanol–water partition coefficient (Wildman–Crippen LogP) is 2.04. The van der Waals surface area contributed by atoms with Crippen LogP contribution in [0.5, 0.6) is 0 Å². The molecule has 0 aliphatic heterocycles. The Morgan fingerprint density at radius 2 is 1.11 bits per heavy atom. The summed E-state index contributed by atoms with van der Waals surface area (Å²) in [5.74, 6) is 0. The Kier molecular flexibility index (Phi) is 8.82. The van der Waals surface area contributed by atoms with Gasteiger partial charge >= 0.3 is 17.6 Å². The molecule has 2 aromatic rings. The average molecular weight is 415 g/mol. The van der Waals surface area contributed by atoms with Gasteiger partial charge in [0.2, 0.25) is 0 Å². The van der Waals surface area contributed by atoms with Crippen LogP contribution >= 0.6 is 0 Å². The fraction of sp³-hybridized carbons (Fsp3) is 0.625. The van der Waals surface area contributed by atoms with Gasteiger partial charge in [0.05, 0.1) is 12.7 Å². The van der Waals surface area contributed by atoms with Gasteiger partial charge < -0.3 is 31.0 Å². The fourth-order valence-electron chi connectivity index (χ4n) is 2.87. The second-order valence-electron chi connectivity index (χ2n) is 6.09. The van der Waals surface area contributed by atoms with E-state index < -0.39 is 17.6 Å². The van der Waals surface area contributed by atoms with Crippen molar-refractivity contribution in [3.63, 3.8) is 0 Å². The highest BCUT2D eigenvalue weighted by molar-refractivity contribution is 6.74. The van der Waals surface area contributed by atoms with Crippen LogP contribution in [-0.4, -0.2) is 65.2 Å². The van der Waals surface area contributed by atoms with Gasteiger partial charge in [0.1, 0.15) is 0 Å². The summed E-state index contributed by atoms with van der Waals surface area (Å²) in [4.78, 5) is 8.12. The summed E-state index contributed by atoms with van der Waals surface area (Å²) >= 11 is 0. The smallest absolute Gasteiger partial charge is 0.377 e. The number of nitrogens with zero attached hydrogens (tertiary/aromatic N) is 4. The first-order valence-electron chi connectivity index (χ1n) is 8.93. The third-order valence-electron chi connectivity index (χ3n) is 4.47. The molecule has 0 spiro atoms. The molecular weight excluding hydrogens is 384 g/mol. The summed E-state index contributed by atoms with van der Waals surface area (Å²) in [6, 6.07) is 1.34. The predicted molar refractivity (Wildman–Crippen MR) is 104 cm³/mol. The van der Waals surface area contributed by atoms with E-state index >= 15 is 0 Å². The second kappa shape index (κ2) is 10.9. The van der Waals surface area contributed by atoms with E-state index in [1.165, 1.54) is 0 Å². The molecule has 2 aromatic heterocycles. The normalized spacial score (nSPS) is 12.6. The van der Waals surface area contributed by atoms with Gasteiger partial charge in [-0.1, -0.05) is 0 Å². The zero-order valence-corrected chi connectivity index (χ0v) is 18.5. The van der Waals surface area contributed by atoms with E-state index in [0.717, 1.165) is 25.9 Å². The van der Waals surface area contributed by atoms with Gasteiger partial charge in [-0.3, -0.25) is 0 Å². The highest BCUT2D eigenvalue weighted by Crippen LogP contribution is 2.26. The lowest BCUT2D eigenvalue weighted by atomic mass is 10.5. The van der Waals surface area contributed by atoms with Crippen LogP contribution in [0, 0.1) is 0 Å². The van der Waals surface area contributed by atoms with Crippen LogP contribution in [0.15, 0.2) is 37.4 Å². The quantitative estimate of drug-likeness (QED) is 0.438. The van der Waals surface area contributed by atoms with Crippen LogP contribution in [0.4, 0.5) is 0 Å². The fourth-order valence-corrected chi connectivity index (χ4v) is 9.25. The minimum Gasteiger partial charge on any atom is -0.377 e. The molecule has 0 aliphatic carbocycles. The molecule has 0 fully saturated rings. The highest BCUT2D eigenvalue weighted by atomic mass is 28.5.